The molecule has 0 aromatic carbocycles. The van der Waals surface area contributed by atoms with Crippen molar-refractivity contribution >= 4 is 49.1 Å². The average molecular weight is 369 g/mol. The van der Waals surface area contributed by atoms with E-state index < -0.39 is 0 Å². The van der Waals surface area contributed by atoms with Gasteiger partial charge < -0.3 is 10.0 Å². The number of rotatable bonds is 2. The second-order valence-electron chi connectivity index (χ2n) is 3.83. The summed E-state index contributed by atoms with van der Waals surface area (Å²) in [5, 5.41) is 9.04. The topological polar surface area (TPSA) is 40.5 Å². The Bertz CT molecular complexity index is 408. The van der Waals surface area contributed by atoms with Crippen molar-refractivity contribution in [2.75, 3.05) is 19.7 Å². The van der Waals surface area contributed by atoms with E-state index in [1.807, 2.05) is 6.07 Å². The molecule has 1 atom stereocenters. The number of carbonyl (C=O) groups excluding carboxylic acids is 1. The Morgan fingerprint density at radius 3 is 2.88 bits per heavy atom. The van der Waals surface area contributed by atoms with Crippen LogP contribution in [0.4, 0.5) is 0 Å². The zero-order valence-corrected chi connectivity index (χ0v) is 12.4. The van der Waals surface area contributed by atoms with Crippen molar-refractivity contribution in [1.82, 2.24) is 4.90 Å². The summed E-state index contributed by atoms with van der Waals surface area (Å²) < 4.78 is 1.80. The van der Waals surface area contributed by atoms with Crippen LogP contribution in [0, 0.1) is 5.92 Å². The third kappa shape index (κ3) is 2.50. The van der Waals surface area contributed by atoms with Crippen LogP contribution in [0.1, 0.15) is 16.8 Å². The van der Waals surface area contributed by atoms with Crippen LogP contribution in [-0.4, -0.2) is 35.6 Å². The van der Waals surface area contributed by atoms with Crippen LogP contribution in [-0.2, 0) is 0 Å². The molecule has 0 bridgehead atoms. The first-order valence-corrected chi connectivity index (χ1v) is 7.37. The van der Waals surface area contributed by atoms with E-state index in [9.17, 15) is 4.79 Å². The Balaban J connectivity index is 2.11. The number of amides is 1. The lowest BCUT2D eigenvalue weighted by Gasteiger charge is -2.15. The lowest BCUT2D eigenvalue weighted by atomic mass is 10.1. The van der Waals surface area contributed by atoms with Gasteiger partial charge in [0.1, 0.15) is 0 Å². The average Bonchev–Trinajstić information content (AvgIpc) is 2.84. The Kier molecular flexibility index (Phi) is 4.05. The molecule has 1 unspecified atom stereocenters. The van der Waals surface area contributed by atoms with Gasteiger partial charge in [0.2, 0.25) is 0 Å². The van der Waals surface area contributed by atoms with Crippen LogP contribution in [0.3, 0.4) is 0 Å². The fourth-order valence-corrected chi connectivity index (χ4v) is 4.60. The van der Waals surface area contributed by atoms with E-state index in [0.29, 0.717) is 12.1 Å². The fraction of sp³-hybridized carbons (Fsp3) is 0.500. The van der Waals surface area contributed by atoms with Gasteiger partial charge in [0, 0.05) is 25.6 Å². The minimum absolute atomic E-state index is 0.0461. The zero-order chi connectivity index (χ0) is 11.7. The molecule has 0 spiro atoms. The molecular formula is C10H11Br2NO2S. The molecule has 1 N–H and O–H groups in total. The predicted molar refractivity (Wildman–Crippen MR) is 70.8 cm³/mol. The first kappa shape index (κ1) is 12.5. The largest absolute Gasteiger partial charge is 0.396 e. The minimum Gasteiger partial charge on any atom is -0.396 e. The molecule has 0 saturated carbocycles. The maximum absolute atomic E-state index is 12.1. The Hall–Kier alpha value is 0.0900. The number of thiophene rings is 1. The van der Waals surface area contributed by atoms with Crippen molar-refractivity contribution in [3.8, 4) is 0 Å². The number of aliphatic hydroxyl groups excluding tert-OH is 1. The van der Waals surface area contributed by atoms with Crippen LogP contribution in [0.15, 0.2) is 13.6 Å². The molecular weight excluding hydrogens is 358 g/mol. The van der Waals surface area contributed by atoms with Gasteiger partial charge in [0.05, 0.1) is 13.1 Å². The number of hydrogen-bond donors (Lipinski definition) is 1. The van der Waals surface area contributed by atoms with E-state index in [0.717, 1.165) is 20.5 Å². The smallest absolute Gasteiger partial charge is 0.255 e. The standard InChI is InChI=1S/C10H11Br2NO2S/c11-8-3-7(9(12)16-8)10(15)13-2-1-6(4-13)5-14/h3,6,14H,1-2,4-5H2. The van der Waals surface area contributed by atoms with E-state index in [1.54, 1.807) is 4.90 Å². The Labute approximate surface area is 115 Å². The highest BCUT2D eigenvalue weighted by atomic mass is 79.9. The van der Waals surface area contributed by atoms with Crippen LogP contribution in [0.25, 0.3) is 0 Å². The van der Waals surface area contributed by atoms with Gasteiger partial charge in [0.25, 0.3) is 5.91 Å². The van der Waals surface area contributed by atoms with E-state index in [-0.39, 0.29) is 18.4 Å². The zero-order valence-electron chi connectivity index (χ0n) is 8.45. The molecule has 1 amide bonds. The highest BCUT2D eigenvalue weighted by molar-refractivity contribution is 9.12. The van der Waals surface area contributed by atoms with Gasteiger partial charge >= 0.3 is 0 Å². The second kappa shape index (κ2) is 5.16. The van der Waals surface area contributed by atoms with E-state index >= 15 is 0 Å². The first-order valence-electron chi connectivity index (χ1n) is 4.96. The highest BCUT2D eigenvalue weighted by Gasteiger charge is 2.28. The third-order valence-electron chi connectivity index (χ3n) is 2.72. The summed E-state index contributed by atoms with van der Waals surface area (Å²) in [5.74, 6) is 0.287. The van der Waals surface area contributed by atoms with Gasteiger partial charge in [-0.15, -0.1) is 11.3 Å². The molecule has 0 radical (unpaired) electrons. The molecule has 3 nitrogen and oxygen atoms in total. The summed E-state index contributed by atoms with van der Waals surface area (Å²) >= 11 is 8.25. The van der Waals surface area contributed by atoms with Crippen molar-refractivity contribution in [1.29, 1.82) is 0 Å². The van der Waals surface area contributed by atoms with Gasteiger partial charge in [-0.05, 0) is 44.3 Å². The van der Waals surface area contributed by atoms with Crippen LogP contribution in [0.5, 0.6) is 0 Å². The number of likely N-dealkylation sites (tertiary alicyclic amines) is 1. The van der Waals surface area contributed by atoms with Gasteiger partial charge in [-0.25, -0.2) is 0 Å². The molecule has 2 rings (SSSR count). The lowest BCUT2D eigenvalue weighted by molar-refractivity contribution is 0.0781. The van der Waals surface area contributed by atoms with Gasteiger partial charge in [0.15, 0.2) is 0 Å². The van der Waals surface area contributed by atoms with E-state index in [4.69, 9.17) is 5.11 Å². The summed E-state index contributed by atoms with van der Waals surface area (Å²) in [7, 11) is 0. The maximum atomic E-state index is 12.1. The lowest BCUT2D eigenvalue weighted by Crippen LogP contribution is -2.29. The molecule has 1 fully saturated rings. The van der Waals surface area contributed by atoms with Gasteiger partial charge in [-0.3, -0.25) is 4.79 Å². The highest BCUT2D eigenvalue weighted by Crippen LogP contribution is 2.33. The van der Waals surface area contributed by atoms with Crippen molar-refractivity contribution in [2.45, 2.75) is 6.42 Å². The molecule has 16 heavy (non-hydrogen) atoms. The molecule has 2 heterocycles. The van der Waals surface area contributed by atoms with E-state index in [1.165, 1.54) is 11.3 Å². The van der Waals surface area contributed by atoms with Crippen molar-refractivity contribution < 1.29 is 9.90 Å². The van der Waals surface area contributed by atoms with Crippen LogP contribution >= 0.6 is 43.2 Å². The third-order valence-corrected chi connectivity index (χ3v) is 5.06. The molecule has 1 aromatic rings. The number of carbonyl (C=O) groups is 1. The molecule has 1 aliphatic heterocycles. The SMILES string of the molecule is O=C(c1cc(Br)sc1Br)N1CCC(CO)C1. The van der Waals surface area contributed by atoms with Crippen molar-refractivity contribution in [2.24, 2.45) is 5.92 Å². The molecule has 6 heteroatoms. The van der Waals surface area contributed by atoms with Crippen LogP contribution < -0.4 is 0 Å². The van der Waals surface area contributed by atoms with Gasteiger partial charge in [-0.1, -0.05) is 0 Å². The monoisotopic (exact) mass is 367 g/mol. The first-order chi connectivity index (χ1) is 7.61. The Morgan fingerprint density at radius 1 is 1.62 bits per heavy atom. The molecule has 1 aliphatic rings. The quantitative estimate of drug-likeness (QED) is 0.871. The fourth-order valence-electron chi connectivity index (χ4n) is 1.82. The Morgan fingerprint density at radius 2 is 2.38 bits per heavy atom. The minimum atomic E-state index is 0.0461. The predicted octanol–water partition coefficient (Wildman–Crippen LogP) is 2.73. The summed E-state index contributed by atoms with van der Waals surface area (Å²) in [6, 6.07) is 1.84. The summed E-state index contributed by atoms with van der Waals surface area (Å²) in [6.45, 7) is 1.57. The second-order valence-corrected chi connectivity index (χ2v) is 7.58. The van der Waals surface area contributed by atoms with E-state index in [2.05, 4.69) is 31.9 Å². The normalized spacial score (nSPS) is 20.4. The molecule has 0 aliphatic carbocycles. The summed E-state index contributed by atoms with van der Waals surface area (Å²) in [4.78, 5) is 13.9. The number of hydrogen-bond acceptors (Lipinski definition) is 3. The van der Waals surface area contributed by atoms with Crippen molar-refractivity contribution in [3.63, 3.8) is 0 Å². The molecule has 88 valence electrons. The molecule has 1 saturated heterocycles. The summed E-state index contributed by atoms with van der Waals surface area (Å²) in [6.07, 6.45) is 0.894. The number of aliphatic hydroxyl groups is 1. The summed E-state index contributed by atoms with van der Waals surface area (Å²) in [5.41, 5.74) is 0.704. The van der Waals surface area contributed by atoms with Crippen LogP contribution in [0.2, 0.25) is 0 Å². The number of nitrogens with zero attached hydrogens (tertiary/aromatic N) is 1. The maximum Gasteiger partial charge on any atom is 0.255 e. The van der Waals surface area contributed by atoms with Gasteiger partial charge in [-0.2, -0.15) is 0 Å². The molecule has 1 aromatic heterocycles. The van der Waals surface area contributed by atoms with Crippen molar-refractivity contribution in [3.05, 3.63) is 19.2 Å². The number of halogens is 2.